The number of nitrogens with zero attached hydrogens (tertiary/aromatic N) is 2. The van der Waals surface area contributed by atoms with Crippen molar-refractivity contribution in [2.45, 2.75) is 19.4 Å². The average molecular weight is 498 g/mol. The molecule has 1 N–H and O–H groups in total. The Morgan fingerprint density at radius 3 is 2.53 bits per heavy atom. The number of ether oxygens (including phenoxy) is 1. The molecule has 1 heterocycles. The molecule has 0 spiro atoms. The summed E-state index contributed by atoms with van der Waals surface area (Å²) in [5, 5.41) is 8.49. The van der Waals surface area contributed by atoms with Gasteiger partial charge >= 0.3 is 0 Å². The lowest BCUT2D eigenvalue weighted by Crippen LogP contribution is -2.23. The largest absolute Gasteiger partial charge is 0.497 e. The predicted molar refractivity (Wildman–Crippen MR) is 132 cm³/mol. The Balaban J connectivity index is 1.50. The van der Waals surface area contributed by atoms with Gasteiger partial charge in [-0.15, -0.1) is 0 Å². The molecule has 5 nitrogen and oxygen atoms in total. The first-order valence-electron chi connectivity index (χ1n) is 10.6. The van der Waals surface area contributed by atoms with Crippen LogP contribution >= 0.6 is 23.2 Å². The van der Waals surface area contributed by atoms with Gasteiger partial charge in [0.05, 0.1) is 34.2 Å². The summed E-state index contributed by atoms with van der Waals surface area (Å²) in [5.74, 6) is 0.280. The number of aryl methyl sites for hydroxylation is 1. The van der Waals surface area contributed by atoms with Gasteiger partial charge in [-0.25, -0.2) is 9.07 Å². The van der Waals surface area contributed by atoms with Gasteiger partial charge in [0.2, 0.25) is 5.91 Å². The summed E-state index contributed by atoms with van der Waals surface area (Å²) in [4.78, 5) is 12.4. The number of halogens is 3. The summed E-state index contributed by atoms with van der Waals surface area (Å²) in [7, 11) is 1.60. The van der Waals surface area contributed by atoms with Crippen molar-refractivity contribution >= 4 is 29.1 Å². The standard InChI is InChI=1S/C26H22Cl2FN3O2/c1-34-22-9-7-21(8-10-22)32-25(18-3-2-4-19(29)14-18)15-20(31-32)6-12-26(33)30-16-17-5-11-23(27)24(28)13-17/h2-5,7-11,13-15H,6,12,16H2,1H3,(H,30,33). The fourth-order valence-corrected chi connectivity index (χ4v) is 3.83. The highest BCUT2D eigenvalue weighted by Crippen LogP contribution is 2.26. The second-order valence-corrected chi connectivity index (χ2v) is 8.48. The number of hydrogen-bond acceptors (Lipinski definition) is 3. The Bertz CT molecular complexity index is 1310. The molecule has 3 aromatic carbocycles. The molecule has 1 aromatic heterocycles. The van der Waals surface area contributed by atoms with Crippen LogP contribution in [0, 0.1) is 5.82 Å². The molecule has 0 fully saturated rings. The second-order valence-electron chi connectivity index (χ2n) is 7.67. The average Bonchev–Trinajstić information content (AvgIpc) is 3.28. The highest BCUT2D eigenvalue weighted by molar-refractivity contribution is 6.42. The highest BCUT2D eigenvalue weighted by atomic mass is 35.5. The molecule has 0 bridgehead atoms. The molecule has 0 aliphatic heterocycles. The van der Waals surface area contributed by atoms with Crippen molar-refractivity contribution in [1.29, 1.82) is 0 Å². The summed E-state index contributed by atoms with van der Waals surface area (Å²) >= 11 is 12.0. The SMILES string of the molecule is COc1ccc(-n2nc(CCC(=O)NCc3ccc(Cl)c(Cl)c3)cc2-c2cccc(F)c2)cc1. The molecule has 0 radical (unpaired) electrons. The van der Waals surface area contributed by atoms with Crippen LogP contribution in [0.1, 0.15) is 17.7 Å². The molecule has 174 valence electrons. The number of methoxy groups -OCH3 is 1. The van der Waals surface area contributed by atoms with Gasteiger partial charge < -0.3 is 10.1 Å². The van der Waals surface area contributed by atoms with Crippen molar-refractivity contribution in [2.24, 2.45) is 0 Å². The number of nitrogens with one attached hydrogen (secondary N) is 1. The third kappa shape index (κ3) is 5.76. The number of rotatable bonds is 8. The predicted octanol–water partition coefficient (Wildman–Crippen LogP) is 6.24. The topological polar surface area (TPSA) is 56.2 Å². The monoisotopic (exact) mass is 497 g/mol. The van der Waals surface area contributed by atoms with Gasteiger partial charge in [0, 0.05) is 24.9 Å². The molecule has 0 aliphatic carbocycles. The maximum absolute atomic E-state index is 13.9. The van der Waals surface area contributed by atoms with Crippen molar-refractivity contribution in [3.8, 4) is 22.7 Å². The van der Waals surface area contributed by atoms with Crippen LogP contribution in [0.4, 0.5) is 4.39 Å². The van der Waals surface area contributed by atoms with Gasteiger partial charge in [-0.1, -0.05) is 41.4 Å². The van der Waals surface area contributed by atoms with E-state index in [1.807, 2.05) is 42.5 Å². The number of carbonyl (C=O) groups excluding carboxylic acids is 1. The molecule has 0 saturated carbocycles. The summed E-state index contributed by atoms with van der Waals surface area (Å²) in [5.41, 5.74) is 3.81. The lowest BCUT2D eigenvalue weighted by Gasteiger charge is -2.08. The fourth-order valence-electron chi connectivity index (χ4n) is 3.51. The van der Waals surface area contributed by atoms with Crippen LogP contribution < -0.4 is 10.1 Å². The van der Waals surface area contributed by atoms with Gasteiger partial charge in [-0.2, -0.15) is 5.10 Å². The van der Waals surface area contributed by atoms with Crippen LogP contribution in [0.2, 0.25) is 10.0 Å². The molecule has 0 unspecified atom stereocenters. The Morgan fingerprint density at radius 1 is 1.03 bits per heavy atom. The Labute approximate surface area is 207 Å². The molecular weight excluding hydrogens is 476 g/mol. The van der Waals surface area contributed by atoms with Crippen molar-refractivity contribution in [2.75, 3.05) is 7.11 Å². The van der Waals surface area contributed by atoms with Crippen molar-refractivity contribution in [3.63, 3.8) is 0 Å². The van der Waals surface area contributed by atoms with Gasteiger partial charge in [-0.3, -0.25) is 4.79 Å². The van der Waals surface area contributed by atoms with E-state index in [4.69, 9.17) is 33.0 Å². The summed E-state index contributed by atoms with van der Waals surface area (Å²) in [6, 6.07) is 20.9. The molecule has 1 amide bonds. The molecular formula is C26H22Cl2FN3O2. The zero-order valence-corrected chi connectivity index (χ0v) is 19.9. The maximum atomic E-state index is 13.9. The van der Waals surface area contributed by atoms with E-state index in [9.17, 15) is 9.18 Å². The zero-order chi connectivity index (χ0) is 24.1. The number of carbonyl (C=O) groups is 1. The van der Waals surface area contributed by atoms with Crippen LogP contribution in [0.25, 0.3) is 16.9 Å². The van der Waals surface area contributed by atoms with E-state index in [1.54, 1.807) is 30.0 Å². The minimum absolute atomic E-state index is 0.114. The number of hydrogen-bond donors (Lipinski definition) is 1. The van der Waals surface area contributed by atoms with E-state index < -0.39 is 0 Å². The second kappa shape index (κ2) is 10.7. The third-order valence-electron chi connectivity index (χ3n) is 5.28. The summed E-state index contributed by atoms with van der Waals surface area (Å²) < 4.78 is 20.9. The lowest BCUT2D eigenvalue weighted by atomic mass is 10.1. The van der Waals surface area contributed by atoms with Gasteiger partial charge in [-0.05, 0) is 60.2 Å². The first-order valence-corrected chi connectivity index (χ1v) is 11.4. The summed E-state index contributed by atoms with van der Waals surface area (Å²) in [6.07, 6.45) is 0.683. The molecule has 0 saturated heterocycles. The van der Waals surface area contributed by atoms with Gasteiger partial charge in [0.1, 0.15) is 11.6 Å². The molecule has 0 aliphatic rings. The van der Waals surface area contributed by atoms with Crippen LogP contribution in [-0.2, 0) is 17.8 Å². The molecule has 4 aromatic rings. The van der Waals surface area contributed by atoms with E-state index in [0.29, 0.717) is 28.6 Å². The first kappa shape index (κ1) is 23.8. The van der Waals surface area contributed by atoms with E-state index in [1.165, 1.54) is 12.1 Å². The minimum Gasteiger partial charge on any atom is -0.497 e. The third-order valence-corrected chi connectivity index (χ3v) is 6.02. The Kier molecular flexibility index (Phi) is 7.50. The van der Waals surface area contributed by atoms with Crippen LogP contribution in [-0.4, -0.2) is 22.8 Å². The first-order chi connectivity index (χ1) is 16.4. The summed E-state index contributed by atoms with van der Waals surface area (Å²) in [6.45, 7) is 0.352. The fraction of sp³-hybridized carbons (Fsp3) is 0.154. The Hall–Kier alpha value is -3.35. The number of aromatic nitrogens is 2. The molecule has 34 heavy (non-hydrogen) atoms. The normalized spacial score (nSPS) is 10.8. The molecule has 0 atom stereocenters. The zero-order valence-electron chi connectivity index (χ0n) is 18.4. The number of amides is 1. The van der Waals surface area contributed by atoms with Crippen LogP contribution in [0.3, 0.4) is 0 Å². The van der Waals surface area contributed by atoms with Gasteiger partial charge in [0.15, 0.2) is 0 Å². The highest BCUT2D eigenvalue weighted by Gasteiger charge is 2.14. The lowest BCUT2D eigenvalue weighted by molar-refractivity contribution is -0.121. The van der Waals surface area contributed by atoms with Crippen molar-refractivity contribution in [1.82, 2.24) is 15.1 Å². The van der Waals surface area contributed by atoms with Gasteiger partial charge in [0.25, 0.3) is 0 Å². The quantitative estimate of drug-likeness (QED) is 0.313. The van der Waals surface area contributed by atoms with Crippen LogP contribution in [0.5, 0.6) is 5.75 Å². The van der Waals surface area contributed by atoms with Crippen molar-refractivity contribution < 1.29 is 13.9 Å². The van der Waals surface area contributed by atoms with Crippen LogP contribution in [0.15, 0.2) is 72.8 Å². The van der Waals surface area contributed by atoms with E-state index in [0.717, 1.165) is 28.4 Å². The smallest absolute Gasteiger partial charge is 0.220 e. The minimum atomic E-state index is -0.330. The van der Waals surface area contributed by atoms with Crippen molar-refractivity contribution in [3.05, 3.63) is 99.9 Å². The van der Waals surface area contributed by atoms with E-state index in [2.05, 4.69) is 5.32 Å². The molecule has 8 heteroatoms. The molecule has 4 rings (SSSR count). The van der Waals surface area contributed by atoms with E-state index >= 15 is 0 Å². The number of benzene rings is 3. The maximum Gasteiger partial charge on any atom is 0.220 e. The Morgan fingerprint density at radius 2 is 1.82 bits per heavy atom. The van der Waals surface area contributed by atoms with E-state index in [-0.39, 0.29) is 18.1 Å².